The number of aromatic hydroxyl groups is 1. The molecule has 26 heavy (non-hydrogen) atoms. The molecule has 1 aliphatic rings. The van der Waals surface area contributed by atoms with Gasteiger partial charge in [0.1, 0.15) is 5.75 Å². The number of phenolic OH excluding ortho intramolecular Hbond substituents is 1. The van der Waals surface area contributed by atoms with E-state index >= 15 is 0 Å². The van der Waals surface area contributed by atoms with Gasteiger partial charge >= 0.3 is 5.97 Å². The number of anilines is 1. The van der Waals surface area contributed by atoms with E-state index in [4.69, 9.17) is 0 Å². The Balaban J connectivity index is 0.00000338. The molecule has 1 saturated heterocycles. The number of methoxy groups -OCH3 is 1. The van der Waals surface area contributed by atoms with E-state index in [0.29, 0.717) is 12.2 Å². The van der Waals surface area contributed by atoms with Crippen LogP contribution in [0.4, 0.5) is 5.69 Å². The summed E-state index contributed by atoms with van der Waals surface area (Å²) in [5.74, 6) is 1.05. The first kappa shape index (κ1) is 22.3. The molecular weight excluding hydrogens is 447 g/mol. The second kappa shape index (κ2) is 11.8. The van der Waals surface area contributed by atoms with E-state index in [1.807, 2.05) is 18.2 Å². The fourth-order valence-corrected chi connectivity index (χ4v) is 2.92. The van der Waals surface area contributed by atoms with Gasteiger partial charge in [-0.25, -0.2) is 0 Å². The molecule has 8 heteroatoms. The molecule has 1 fully saturated rings. The number of aliphatic imine (C=N–C) groups is 1. The molecule has 1 aromatic carbocycles. The summed E-state index contributed by atoms with van der Waals surface area (Å²) in [7, 11) is 3.20. The van der Waals surface area contributed by atoms with Gasteiger partial charge < -0.3 is 25.0 Å². The van der Waals surface area contributed by atoms with Crippen molar-refractivity contribution in [3.05, 3.63) is 24.3 Å². The smallest absolute Gasteiger partial charge is 0.305 e. The van der Waals surface area contributed by atoms with Gasteiger partial charge in [0.2, 0.25) is 0 Å². The van der Waals surface area contributed by atoms with Crippen LogP contribution < -0.4 is 10.2 Å². The molecule has 0 spiro atoms. The lowest BCUT2D eigenvalue weighted by molar-refractivity contribution is -0.140. The lowest BCUT2D eigenvalue weighted by atomic mass is 10.2. The Morgan fingerprint density at radius 1 is 1.23 bits per heavy atom. The number of halogens is 1. The van der Waals surface area contributed by atoms with Crippen molar-refractivity contribution < 1.29 is 14.6 Å². The zero-order valence-corrected chi connectivity index (χ0v) is 17.8. The molecular formula is C18H29IN4O3. The molecule has 0 radical (unpaired) electrons. The molecule has 0 unspecified atom stereocenters. The van der Waals surface area contributed by atoms with Crippen molar-refractivity contribution in [3.8, 4) is 5.75 Å². The van der Waals surface area contributed by atoms with Gasteiger partial charge in [-0.1, -0.05) is 12.1 Å². The van der Waals surface area contributed by atoms with Crippen LogP contribution in [0.15, 0.2) is 29.3 Å². The Labute approximate surface area is 172 Å². The summed E-state index contributed by atoms with van der Waals surface area (Å²) < 4.78 is 4.64. The number of esters is 1. The fraction of sp³-hybridized carbons (Fsp3) is 0.556. The quantitative estimate of drug-likeness (QED) is 0.215. The van der Waals surface area contributed by atoms with Crippen LogP contribution in [0.1, 0.15) is 19.3 Å². The van der Waals surface area contributed by atoms with Crippen LogP contribution in [0.3, 0.4) is 0 Å². The standard InChI is InChI=1S/C18H28N4O3.HI/c1-19-18(20-10-6-5-9-17(24)25-2)22-13-11-21(12-14-22)15-7-3-4-8-16(15)23;/h3-4,7-8,23H,5-6,9-14H2,1-2H3,(H,19,20);1H. The summed E-state index contributed by atoms with van der Waals surface area (Å²) in [6, 6.07) is 7.44. The monoisotopic (exact) mass is 476 g/mol. The third kappa shape index (κ3) is 6.54. The highest BCUT2D eigenvalue weighted by Crippen LogP contribution is 2.27. The molecule has 1 heterocycles. The number of guanidine groups is 1. The molecule has 0 aromatic heterocycles. The van der Waals surface area contributed by atoms with Crippen LogP contribution in [0.5, 0.6) is 5.75 Å². The molecule has 0 bridgehead atoms. The lowest BCUT2D eigenvalue weighted by Gasteiger charge is -2.37. The predicted molar refractivity (Wildman–Crippen MR) is 115 cm³/mol. The molecule has 146 valence electrons. The van der Waals surface area contributed by atoms with Gasteiger partial charge in [-0.15, -0.1) is 24.0 Å². The van der Waals surface area contributed by atoms with Crippen molar-refractivity contribution in [2.75, 3.05) is 51.8 Å². The van der Waals surface area contributed by atoms with Gasteiger partial charge in [-0.3, -0.25) is 9.79 Å². The van der Waals surface area contributed by atoms with Crippen molar-refractivity contribution in [2.45, 2.75) is 19.3 Å². The number of nitrogens with zero attached hydrogens (tertiary/aromatic N) is 3. The number of carbonyl (C=O) groups excluding carboxylic acids is 1. The number of unbranched alkanes of at least 4 members (excludes halogenated alkanes) is 1. The summed E-state index contributed by atoms with van der Waals surface area (Å²) in [5.41, 5.74) is 0.882. The molecule has 7 nitrogen and oxygen atoms in total. The highest BCUT2D eigenvalue weighted by atomic mass is 127. The number of carbonyl (C=O) groups is 1. The Bertz CT molecular complexity index is 590. The number of para-hydroxylation sites is 2. The number of rotatable bonds is 6. The first-order valence-electron chi connectivity index (χ1n) is 8.71. The van der Waals surface area contributed by atoms with Gasteiger partial charge in [0.25, 0.3) is 0 Å². The summed E-state index contributed by atoms with van der Waals surface area (Å²) in [6.07, 6.45) is 2.15. The SMILES string of the molecule is CN=C(NCCCCC(=O)OC)N1CCN(c2ccccc2O)CC1.I. The summed E-state index contributed by atoms with van der Waals surface area (Å²) >= 11 is 0. The minimum atomic E-state index is -0.162. The van der Waals surface area contributed by atoms with Gasteiger partial charge in [0.05, 0.1) is 12.8 Å². The van der Waals surface area contributed by atoms with Crippen molar-refractivity contribution >= 4 is 41.6 Å². The Kier molecular flexibility index (Phi) is 10.2. The minimum Gasteiger partial charge on any atom is -0.506 e. The van der Waals surface area contributed by atoms with Crippen LogP contribution in [0.2, 0.25) is 0 Å². The van der Waals surface area contributed by atoms with Crippen LogP contribution >= 0.6 is 24.0 Å². The summed E-state index contributed by atoms with van der Waals surface area (Å²) in [4.78, 5) is 19.8. The Morgan fingerprint density at radius 2 is 1.92 bits per heavy atom. The third-order valence-corrected chi connectivity index (χ3v) is 4.33. The molecule has 0 amide bonds. The molecule has 0 atom stereocenters. The summed E-state index contributed by atoms with van der Waals surface area (Å²) in [5, 5.41) is 13.3. The van der Waals surface area contributed by atoms with E-state index in [2.05, 4.69) is 24.8 Å². The van der Waals surface area contributed by atoms with Crippen molar-refractivity contribution in [1.29, 1.82) is 0 Å². The van der Waals surface area contributed by atoms with Crippen LogP contribution in [0.25, 0.3) is 0 Å². The second-order valence-corrected chi connectivity index (χ2v) is 5.97. The Morgan fingerprint density at radius 3 is 2.54 bits per heavy atom. The fourth-order valence-electron chi connectivity index (χ4n) is 2.92. The average Bonchev–Trinajstić information content (AvgIpc) is 2.65. The van der Waals surface area contributed by atoms with E-state index in [1.165, 1.54) is 7.11 Å². The number of benzene rings is 1. The van der Waals surface area contributed by atoms with Crippen LogP contribution in [0, 0.1) is 0 Å². The van der Waals surface area contributed by atoms with Crippen molar-refractivity contribution in [2.24, 2.45) is 4.99 Å². The lowest BCUT2D eigenvalue weighted by Crippen LogP contribution is -2.52. The van der Waals surface area contributed by atoms with Crippen LogP contribution in [-0.2, 0) is 9.53 Å². The van der Waals surface area contributed by atoms with E-state index in [9.17, 15) is 9.90 Å². The van der Waals surface area contributed by atoms with Crippen molar-refractivity contribution in [3.63, 3.8) is 0 Å². The second-order valence-electron chi connectivity index (χ2n) is 5.97. The van der Waals surface area contributed by atoms with Crippen molar-refractivity contribution in [1.82, 2.24) is 10.2 Å². The maximum absolute atomic E-state index is 11.1. The van der Waals surface area contributed by atoms with E-state index in [1.54, 1.807) is 13.1 Å². The molecule has 2 rings (SSSR count). The molecule has 0 saturated carbocycles. The largest absolute Gasteiger partial charge is 0.506 e. The first-order valence-corrected chi connectivity index (χ1v) is 8.71. The van der Waals surface area contributed by atoms with E-state index in [0.717, 1.165) is 57.2 Å². The average molecular weight is 476 g/mol. The molecule has 1 aliphatic heterocycles. The van der Waals surface area contributed by atoms with Gasteiger partial charge in [0.15, 0.2) is 5.96 Å². The molecule has 1 aromatic rings. The van der Waals surface area contributed by atoms with Gasteiger partial charge in [0, 0.05) is 46.2 Å². The number of ether oxygens (including phenoxy) is 1. The number of hydrogen-bond donors (Lipinski definition) is 2. The molecule has 0 aliphatic carbocycles. The predicted octanol–water partition coefficient (Wildman–Crippen LogP) is 2.05. The maximum Gasteiger partial charge on any atom is 0.305 e. The Hall–Kier alpha value is -1.71. The minimum absolute atomic E-state index is 0. The zero-order valence-electron chi connectivity index (χ0n) is 15.5. The van der Waals surface area contributed by atoms with E-state index in [-0.39, 0.29) is 29.9 Å². The van der Waals surface area contributed by atoms with Gasteiger partial charge in [-0.05, 0) is 25.0 Å². The third-order valence-electron chi connectivity index (χ3n) is 4.33. The highest BCUT2D eigenvalue weighted by molar-refractivity contribution is 14.0. The number of phenols is 1. The zero-order chi connectivity index (χ0) is 18.1. The summed E-state index contributed by atoms with van der Waals surface area (Å²) in [6.45, 7) is 4.14. The van der Waals surface area contributed by atoms with E-state index < -0.39 is 0 Å². The number of nitrogens with one attached hydrogen (secondary N) is 1. The number of piperazine rings is 1. The highest BCUT2D eigenvalue weighted by Gasteiger charge is 2.21. The van der Waals surface area contributed by atoms with Gasteiger partial charge in [-0.2, -0.15) is 0 Å². The topological polar surface area (TPSA) is 77.4 Å². The number of hydrogen-bond acceptors (Lipinski definition) is 5. The van der Waals surface area contributed by atoms with Crippen LogP contribution in [-0.4, -0.2) is 68.8 Å². The molecule has 2 N–H and O–H groups in total. The maximum atomic E-state index is 11.1. The normalized spacial score (nSPS) is 14.6. The first-order chi connectivity index (χ1) is 12.2.